The Bertz CT molecular complexity index is 909. The van der Waals surface area contributed by atoms with E-state index in [0.29, 0.717) is 11.9 Å². The summed E-state index contributed by atoms with van der Waals surface area (Å²) in [6, 6.07) is 6.61. The molecule has 4 rings (SSSR count). The van der Waals surface area contributed by atoms with E-state index in [1.54, 1.807) is 0 Å². The molecule has 7 nitrogen and oxygen atoms in total. The maximum Gasteiger partial charge on any atom is 0.222 e. The summed E-state index contributed by atoms with van der Waals surface area (Å²) in [6.07, 6.45) is 6.95. The van der Waals surface area contributed by atoms with Crippen LogP contribution in [0.4, 0.5) is 11.8 Å². The van der Waals surface area contributed by atoms with Gasteiger partial charge in [-0.3, -0.25) is 0 Å². The highest BCUT2D eigenvalue weighted by atomic mass is 15.4. The van der Waals surface area contributed by atoms with Crippen molar-refractivity contribution in [1.82, 2.24) is 25.0 Å². The van der Waals surface area contributed by atoms with Gasteiger partial charge in [0.25, 0.3) is 0 Å². The van der Waals surface area contributed by atoms with Crippen LogP contribution in [0.1, 0.15) is 50.8 Å². The average molecular weight is 337 g/mol. The molecule has 0 unspecified atom stereocenters. The predicted octanol–water partition coefficient (Wildman–Crippen LogP) is 3.12. The lowest BCUT2D eigenvalue weighted by Gasteiger charge is -2.22. The molecule has 1 saturated carbocycles. The van der Waals surface area contributed by atoms with Gasteiger partial charge in [0.2, 0.25) is 5.95 Å². The Hall–Kier alpha value is -2.70. The van der Waals surface area contributed by atoms with Crippen LogP contribution in [-0.4, -0.2) is 25.0 Å². The second-order valence-electron chi connectivity index (χ2n) is 6.67. The highest BCUT2D eigenvalue weighted by molar-refractivity contribution is 5.85. The minimum Gasteiger partial charge on any atom is -0.383 e. The molecule has 0 amide bonds. The lowest BCUT2D eigenvalue weighted by Crippen LogP contribution is -2.14. The number of fused-ring (bicyclic) bond motifs is 1. The summed E-state index contributed by atoms with van der Waals surface area (Å²) < 4.78 is 2.09. The van der Waals surface area contributed by atoms with Gasteiger partial charge in [-0.15, -0.1) is 5.10 Å². The van der Waals surface area contributed by atoms with Crippen molar-refractivity contribution in [2.45, 2.75) is 51.5 Å². The number of nitrogens with two attached hydrogens (primary N) is 2. The van der Waals surface area contributed by atoms with E-state index in [1.165, 1.54) is 32.1 Å². The molecule has 4 N–H and O–H groups in total. The van der Waals surface area contributed by atoms with Gasteiger partial charge in [-0.1, -0.05) is 37.5 Å². The first-order valence-electron chi connectivity index (χ1n) is 8.94. The summed E-state index contributed by atoms with van der Waals surface area (Å²) in [6.45, 7) is 2.03. The first-order chi connectivity index (χ1) is 12.2. The lowest BCUT2D eigenvalue weighted by molar-refractivity contribution is 0.331. The number of anilines is 2. The smallest absolute Gasteiger partial charge is 0.222 e. The Balaban J connectivity index is 1.78. The van der Waals surface area contributed by atoms with Crippen LogP contribution in [0.2, 0.25) is 0 Å². The number of nitrogens with zero attached hydrogens (tertiary/aromatic N) is 5. The molecule has 1 fully saturated rings. The van der Waals surface area contributed by atoms with Gasteiger partial charge in [-0.2, -0.15) is 4.98 Å². The van der Waals surface area contributed by atoms with E-state index in [2.05, 4.69) is 37.1 Å². The summed E-state index contributed by atoms with van der Waals surface area (Å²) >= 11 is 0. The zero-order valence-electron chi connectivity index (χ0n) is 14.4. The van der Waals surface area contributed by atoms with E-state index < -0.39 is 0 Å². The van der Waals surface area contributed by atoms with Crippen molar-refractivity contribution in [3.63, 3.8) is 0 Å². The third-order valence-corrected chi connectivity index (χ3v) is 5.04. The van der Waals surface area contributed by atoms with Crippen molar-refractivity contribution in [2.75, 3.05) is 11.5 Å². The lowest BCUT2D eigenvalue weighted by atomic mass is 9.95. The second kappa shape index (κ2) is 6.31. The van der Waals surface area contributed by atoms with Gasteiger partial charge >= 0.3 is 0 Å². The average Bonchev–Trinajstić information content (AvgIpc) is 3.05. The van der Waals surface area contributed by atoms with E-state index in [1.807, 2.05) is 13.0 Å². The number of benzene rings is 1. The molecule has 25 heavy (non-hydrogen) atoms. The minimum atomic E-state index is 0.211. The molecule has 0 atom stereocenters. The summed E-state index contributed by atoms with van der Waals surface area (Å²) in [5.41, 5.74) is 16.4. The standard InChI is InChI=1S/C18H23N7/c1-2-13-16(17(19)22-18(20)21-13)11-8-9-15-14(10-11)23-24-25(15)12-6-4-3-5-7-12/h8-10,12H,2-7H2,1H3,(H4,19,20,21,22). The third kappa shape index (κ3) is 2.79. The van der Waals surface area contributed by atoms with Crippen LogP contribution in [0.3, 0.4) is 0 Å². The van der Waals surface area contributed by atoms with Crippen molar-refractivity contribution >= 4 is 22.8 Å². The molecule has 1 aromatic carbocycles. The minimum absolute atomic E-state index is 0.211. The van der Waals surface area contributed by atoms with Gasteiger partial charge in [0.05, 0.1) is 17.3 Å². The molecule has 3 aromatic rings. The van der Waals surface area contributed by atoms with Crippen LogP contribution in [0.5, 0.6) is 0 Å². The summed E-state index contributed by atoms with van der Waals surface area (Å²) in [5, 5.41) is 8.81. The summed E-state index contributed by atoms with van der Waals surface area (Å²) in [7, 11) is 0. The molecule has 2 heterocycles. The van der Waals surface area contributed by atoms with Gasteiger partial charge in [-0.05, 0) is 37.0 Å². The maximum atomic E-state index is 6.12. The fourth-order valence-electron chi connectivity index (χ4n) is 3.81. The SMILES string of the molecule is CCc1nc(N)nc(N)c1-c1ccc2c(c1)nnn2C1CCCCC1. The van der Waals surface area contributed by atoms with Gasteiger partial charge in [0, 0.05) is 5.56 Å². The van der Waals surface area contributed by atoms with Crippen LogP contribution < -0.4 is 11.5 Å². The Kier molecular flexibility index (Phi) is 3.99. The highest BCUT2D eigenvalue weighted by Crippen LogP contribution is 2.33. The molecule has 1 aliphatic rings. The largest absolute Gasteiger partial charge is 0.383 e. The van der Waals surface area contributed by atoms with Crippen LogP contribution in [0.25, 0.3) is 22.2 Å². The number of nitrogen functional groups attached to an aromatic ring is 2. The molecule has 7 heteroatoms. The van der Waals surface area contributed by atoms with Gasteiger partial charge in [0.15, 0.2) is 0 Å². The van der Waals surface area contributed by atoms with Crippen LogP contribution in [-0.2, 0) is 6.42 Å². The topological polar surface area (TPSA) is 109 Å². The molecule has 0 bridgehead atoms. The zero-order chi connectivity index (χ0) is 17.4. The van der Waals surface area contributed by atoms with Gasteiger partial charge in [0.1, 0.15) is 11.3 Å². The van der Waals surface area contributed by atoms with Crippen molar-refractivity contribution < 1.29 is 0 Å². The van der Waals surface area contributed by atoms with Gasteiger partial charge < -0.3 is 11.5 Å². The fourth-order valence-corrected chi connectivity index (χ4v) is 3.81. The number of aromatic nitrogens is 5. The second-order valence-corrected chi connectivity index (χ2v) is 6.67. The van der Waals surface area contributed by atoms with Crippen molar-refractivity contribution in [1.29, 1.82) is 0 Å². The predicted molar refractivity (Wildman–Crippen MR) is 98.9 cm³/mol. The molecule has 0 spiro atoms. The van der Waals surface area contributed by atoms with Crippen LogP contribution in [0, 0.1) is 0 Å². The number of hydrogen-bond acceptors (Lipinski definition) is 6. The van der Waals surface area contributed by atoms with E-state index in [9.17, 15) is 0 Å². The number of rotatable bonds is 3. The summed E-state index contributed by atoms with van der Waals surface area (Å²) in [5.74, 6) is 0.616. The van der Waals surface area contributed by atoms with Gasteiger partial charge in [-0.25, -0.2) is 9.67 Å². The van der Waals surface area contributed by atoms with Crippen molar-refractivity contribution in [3.05, 3.63) is 23.9 Å². The third-order valence-electron chi connectivity index (χ3n) is 5.04. The Morgan fingerprint density at radius 2 is 1.92 bits per heavy atom. The molecular weight excluding hydrogens is 314 g/mol. The van der Waals surface area contributed by atoms with Crippen molar-refractivity contribution in [3.8, 4) is 11.1 Å². The fraction of sp³-hybridized carbons (Fsp3) is 0.444. The van der Waals surface area contributed by atoms with E-state index in [-0.39, 0.29) is 5.95 Å². The maximum absolute atomic E-state index is 6.12. The first-order valence-corrected chi connectivity index (χ1v) is 8.94. The monoisotopic (exact) mass is 337 g/mol. The molecule has 0 saturated heterocycles. The van der Waals surface area contributed by atoms with E-state index >= 15 is 0 Å². The Labute approximate surface area is 146 Å². The zero-order valence-corrected chi connectivity index (χ0v) is 14.4. The number of hydrogen-bond donors (Lipinski definition) is 2. The molecule has 2 aromatic heterocycles. The highest BCUT2D eigenvalue weighted by Gasteiger charge is 2.20. The molecule has 1 aliphatic carbocycles. The van der Waals surface area contributed by atoms with Crippen LogP contribution >= 0.6 is 0 Å². The van der Waals surface area contributed by atoms with E-state index in [4.69, 9.17) is 11.5 Å². The molecule has 0 aliphatic heterocycles. The summed E-state index contributed by atoms with van der Waals surface area (Å²) in [4.78, 5) is 8.45. The first kappa shape index (κ1) is 15.8. The normalized spacial score (nSPS) is 15.7. The quantitative estimate of drug-likeness (QED) is 0.760. The molecular formula is C18H23N7. The Morgan fingerprint density at radius 3 is 2.68 bits per heavy atom. The number of aryl methyl sites for hydroxylation is 1. The van der Waals surface area contributed by atoms with Crippen LogP contribution in [0.15, 0.2) is 18.2 Å². The molecule has 130 valence electrons. The molecule has 0 radical (unpaired) electrons. The van der Waals surface area contributed by atoms with E-state index in [0.717, 1.165) is 34.3 Å². The van der Waals surface area contributed by atoms with Crippen molar-refractivity contribution in [2.24, 2.45) is 0 Å². The Morgan fingerprint density at radius 1 is 1.12 bits per heavy atom.